The van der Waals surface area contributed by atoms with Crippen LogP contribution in [0.4, 0.5) is 0 Å². The molecule has 4 heteroatoms. The van der Waals surface area contributed by atoms with Crippen molar-refractivity contribution in [1.82, 2.24) is 0 Å². The summed E-state index contributed by atoms with van der Waals surface area (Å²) in [5.74, 6) is 0.0694. The van der Waals surface area contributed by atoms with E-state index in [2.05, 4.69) is 47.8 Å². The van der Waals surface area contributed by atoms with E-state index in [9.17, 15) is 4.79 Å². The van der Waals surface area contributed by atoms with Crippen LogP contribution in [0.2, 0.25) is 0 Å². The predicted molar refractivity (Wildman–Crippen MR) is 54.0 cm³/mol. The Kier molecular flexibility index (Phi) is 3.59. The van der Waals surface area contributed by atoms with Crippen LogP contribution in [0, 0.1) is 5.41 Å². The lowest BCUT2D eigenvalue weighted by Crippen LogP contribution is -2.30. The Hall–Kier alpha value is 1.11. The van der Waals surface area contributed by atoms with Gasteiger partial charge in [-0.05, 0) is 0 Å². The molecule has 0 N–H and O–H groups in total. The molecule has 0 saturated carbocycles. The number of carbonyl (C=O) groups excluding carboxylic acids is 1. The van der Waals surface area contributed by atoms with Crippen LogP contribution in [-0.2, 0) is 4.79 Å². The van der Waals surface area contributed by atoms with E-state index < -0.39 is 2.14 Å². The number of Topliss-reactive ketones (excluding diaryl/α,β-unsaturated/α-hetero) is 1. The molecule has 0 aliphatic carbocycles. The van der Waals surface area contributed by atoms with Gasteiger partial charge in [-0.15, -0.1) is 0 Å². The van der Waals surface area contributed by atoms with E-state index in [0.29, 0.717) is 0 Å². The third-order valence-corrected chi connectivity index (χ3v) is 2.02. The molecule has 0 radical (unpaired) electrons. The molecule has 0 saturated heterocycles. The Morgan fingerprint density at radius 3 is 1.40 bits per heavy atom. The SMILES string of the molecule is CC(C)(C)C(=O)C(Br)(Br)Br. The third-order valence-electron chi connectivity index (χ3n) is 0.939. The minimum Gasteiger partial charge on any atom is -0.296 e. The van der Waals surface area contributed by atoms with Gasteiger partial charge in [0.15, 0.2) is 7.93 Å². The van der Waals surface area contributed by atoms with Crippen LogP contribution in [0.5, 0.6) is 0 Å². The number of alkyl halides is 3. The van der Waals surface area contributed by atoms with E-state index >= 15 is 0 Å². The summed E-state index contributed by atoms with van der Waals surface area (Å²) in [6.07, 6.45) is 0. The van der Waals surface area contributed by atoms with Gasteiger partial charge in [0.05, 0.1) is 0 Å². The van der Waals surface area contributed by atoms with Gasteiger partial charge in [-0.25, -0.2) is 0 Å². The van der Waals surface area contributed by atoms with Crippen molar-refractivity contribution < 1.29 is 4.79 Å². The lowest BCUT2D eigenvalue weighted by Gasteiger charge is -2.22. The first-order valence-electron chi connectivity index (χ1n) is 2.77. The fraction of sp³-hybridized carbons (Fsp3) is 0.833. The first-order valence-corrected chi connectivity index (χ1v) is 5.15. The van der Waals surface area contributed by atoms with Crippen molar-refractivity contribution in [3.8, 4) is 0 Å². The first kappa shape index (κ1) is 11.1. The first-order chi connectivity index (χ1) is 4.15. The number of halogens is 3. The van der Waals surface area contributed by atoms with Crippen LogP contribution in [0.15, 0.2) is 0 Å². The van der Waals surface area contributed by atoms with E-state index in [1.165, 1.54) is 0 Å². The molecule has 1 nitrogen and oxygen atoms in total. The zero-order valence-corrected chi connectivity index (χ0v) is 10.8. The molecule has 0 atom stereocenters. The normalized spacial score (nSPS) is 13.4. The summed E-state index contributed by atoms with van der Waals surface area (Å²) in [6, 6.07) is 0. The second-order valence-corrected chi connectivity index (χ2v) is 9.84. The van der Waals surface area contributed by atoms with E-state index in [1.807, 2.05) is 20.8 Å². The zero-order chi connectivity index (χ0) is 8.58. The smallest absolute Gasteiger partial charge is 0.193 e. The van der Waals surface area contributed by atoms with Gasteiger partial charge in [0, 0.05) is 5.41 Å². The Balaban J connectivity index is 4.40. The van der Waals surface area contributed by atoms with Gasteiger partial charge in [0.25, 0.3) is 0 Å². The fourth-order valence-electron chi connectivity index (χ4n) is 0.425. The van der Waals surface area contributed by atoms with E-state index in [0.717, 1.165) is 0 Å². The number of hydrogen-bond donors (Lipinski definition) is 0. The van der Waals surface area contributed by atoms with Crippen LogP contribution in [0.3, 0.4) is 0 Å². The summed E-state index contributed by atoms with van der Waals surface area (Å²) in [6.45, 7) is 5.61. The van der Waals surface area contributed by atoms with Crippen molar-refractivity contribution in [2.45, 2.75) is 22.9 Å². The van der Waals surface area contributed by atoms with Crippen LogP contribution < -0.4 is 0 Å². The van der Waals surface area contributed by atoms with Crippen molar-refractivity contribution in [3.05, 3.63) is 0 Å². The highest BCUT2D eigenvalue weighted by molar-refractivity contribution is 9.40. The highest BCUT2D eigenvalue weighted by Gasteiger charge is 2.37. The molecule has 0 aliphatic heterocycles. The molecular formula is C6H9Br3O. The standard InChI is InChI=1S/C6H9Br3O/c1-5(2,3)4(10)6(7,8)9/h1-3H3. The van der Waals surface area contributed by atoms with Crippen LogP contribution in [-0.4, -0.2) is 7.93 Å². The second kappa shape index (κ2) is 3.23. The van der Waals surface area contributed by atoms with Gasteiger partial charge < -0.3 is 0 Å². The van der Waals surface area contributed by atoms with Gasteiger partial charge in [-0.1, -0.05) is 68.6 Å². The van der Waals surface area contributed by atoms with Crippen molar-refractivity contribution in [1.29, 1.82) is 0 Å². The van der Waals surface area contributed by atoms with Gasteiger partial charge in [-0.3, -0.25) is 4.79 Å². The van der Waals surface area contributed by atoms with Crippen molar-refractivity contribution in [2.75, 3.05) is 0 Å². The quantitative estimate of drug-likeness (QED) is 0.619. The Labute approximate surface area is 86.3 Å². The molecule has 0 aromatic rings. The highest BCUT2D eigenvalue weighted by atomic mass is 80.0. The van der Waals surface area contributed by atoms with Crippen LogP contribution in [0.1, 0.15) is 20.8 Å². The van der Waals surface area contributed by atoms with Gasteiger partial charge in [0.1, 0.15) is 0 Å². The number of carbonyl (C=O) groups is 1. The molecule has 0 aliphatic rings. The second-order valence-electron chi connectivity index (χ2n) is 3.08. The topological polar surface area (TPSA) is 17.1 Å². The maximum atomic E-state index is 11.3. The summed E-state index contributed by atoms with van der Waals surface area (Å²) in [7, 11) is 0. The van der Waals surface area contributed by atoms with E-state index in [-0.39, 0.29) is 11.2 Å². The molecule has 0 aromatic heterocycles. The molecule has 0 rings (SSSR count). The Bertz CT molecular complexity index is 124. The summed E-state index contributed by atoms with van der Waals surface area (Å²) < 4.78 is -0.759. The summed E-state index contributed by atoms with van der Waals surface area (Å²) >= 11 is 9.49. The number of rotatable bonds is 0. The lowest BCUT2D eigenvalue weighted by atomic mass is 9.92. The molecule has 60 valence electrons. The van der Waals surface area contributed by atoms with Crippen molar-refractivity contribution in [3.63, 3.8) is 0 Å². The molecule has 0 heterocycles. The largest absolute Gasteiger partial charge is 0.296 e. The minimum absolute atomic E-state index is 0.0694. The number of hydrogen-bond acceptors (Lipinski definition) is 1. The summed E-state index contributed by atoms with van der Waals surface area (Å²) in [4.78, 5) is 11.3. The summed E-state index contributed by atoms with van der Waals surface area (Å²) in [5, 5.41) is 0. The van der Waals surface area contributed by atoms with Crippen molar-refractivity contribution in [2.24, 2.45) is 5.41 Å². The van der Waals surface area contributed by atoms with Gasteiger partial charge in [0.2, 0.25) is 0 Å². The molecule has 0 amide bonds. The molecule has 10 heavy (non-hydrogen) atoms. The Morgan fingerprint density at radius 1 is 1.10 bits per heavy atom. The average molecular weight is 337 g/mol. The minimum atomic E-state index is -0.759. The fourth-order valence-corrected chi connectivity index (χ4v) is 2.21. The van der Waals surface area contributed by atoms with E-state index in [1.54, 1.807) is 0 Å². The molecule has 0 bridgehead atoms. The average Bonchev–Trinajstić information content (AvgIpc) is 1.59. The van der Waals surface area contributed by atoms with E-state index in [4.69, 9.17) is 0 Å². The molecule has 0 unspecified atom stereocenters. The predicted octanol–water partition coefficient (Wildman–Crippen LogP) is 3.44. The zero-order valence-electron chi connectivity index (χ0n) is 6.04. The maximum Gasteiger partial charge on any atom is 0.193 e. The Morgan fingerprint density at radius 2 is 1.40 bits per heavy atom. The molecular weight excluding hydrogens is 328 g/mol. The van der Waals surface area contributed by atoms with Gasteiger partial charge in [-0.2, -0.15) is 0 Å². The maximum absolute atomic E-state index is 11.3. The molecule has 0 fully saturated rings. The number of ketones is 1. The summed E-state index contributed by atoms with van der Waals surface area (Å²) in [5.41, 5.74) is -0.337. The van der Waals surface area contributed by atoms with Gasteiger partial charge >= 0.3 is 0 Å². The highest BCUT2D eigenvalue weighted by Crippen LogP contribution is 2.40. The van der Waals surface area contributed by atoms with Crippen LogP contribution in [0.25, 0.3) is 0 Å². The lowest BCUT2D eigenvalue weighted by molar-refractivity contribution is -0.124. The molecule has 0 aromatic carbocycles. The monoisotopic (exact) mass is 334 g/mol. The van der Waals surface area contributed by atoms with Crippen molar-refractivity contribution >= 4 is 53.6 Å². The molecule has 0 spiro atoms. The third kappa shape index (κ3) is 3.49. The van der Waals surface area contributed by atoms with Crippen LogP contribution >= 0.6 is 47.8 Å².